The van der Waals surface area contributed by atoms with Gasteiger partial charge in [0.25, 0.3) is 5.91 Å². The van der Waals surface area contributed by atoms with E-state index < -0.39 is 6.10 Å². The predicted octanol–water partition coefficient (Wildman–Crippen LogP) is 1.94. The second-order valence-corrected chi connectivity index (χ2v) is 6.71. The molecule has 1 aromatic heterocycles. The van der Waals surface area contributed by atoms with E-state index in [1.165, 1.54) is 0 Å². The molecule has 6 heteroatoms. The second-order valence-electron chi connectivity index (χ2n) is 6.71. The molecule has 0 aliphatic carbocycles. The van der Waals surface area contributed by atoms with Crippen LogP contribution in [-0.4, -0.2) is 61.4 Å². The predicted molar refractivity (Wildman–Crippen MR) is 95.8 cm³/mol. The number of rotatable bonds is 6. The Morgan fingerprint density at radius 2 is 2.12 bits per heavy atom. The van der Waals surface area contributed by atoms with E-state index in [-0.39, 0.29) is 11.9 Å². The zero-order valence-corrected chi connectivity index (χ0v) is 14.8. The van der Waals surface area contributed by atoms with E-state index in [1.54, 1.807) is 7.11 Å². The zero-order chi connectivity index (χ0) is 17.8. The lowest BCUT2D eigenvalue weighted by Gasteiger charge is -2.33. The van der Waals surface area contributed by atoms with Gasteiger partial charge in [0.05, 0.1) is 12.7 Å². The largest absolute Gasteiger partial charge is 0.451 e. The van der Waals surface area contributed by atoms with Crippen LogP contribution in [0.3, 0.4) is 0 Å². The molecule has 136 valence electrons. The molecule has 6 nitrogen and oxygen atoms in total. The highest BCUT2D eigenvalue weighted by Crippen LogP contribution is 2.25. The minimum absolute atomic E-state index is 0.135. The Morgan fingerprint density at radius 1 is 1.40 bits per heavy atom. The fraction of sp³-hybridized carbons (Fsp3) is 0.526. The van der Waals surface area contributed by atoms with Crippen molar-refractivity contribution in [3.63, 3.8) is 0 Å². The van der Waals surface area contributed by atoms with Gasteiger partial charge in [-0.05, 0) is 25.8 Å². The third-order valence-corrected chi connectivity index (χ3v) is 4.80. The minimum Gasteiger partial charge on any atom is -0.451 e. The summed E-state index contributed by atoms with van der Waals surface area (Å²) in [5, 5.41) is 13.9. The molecule has 1 unspecified atom stereocenters. The number of hydrogen-bond acceptors (Lipinski definition) is 5. The maximum absolute atomic E-state index is 12.6. The first-order valence-electron chi connectivity index (χ1n) is 8.77. The van der Waals surface area contributed by atoms with E-state index in [1.807, 2.05) is 31.2 Å². The highest BCUT2D eigenvalue weighted by molar-refractivity contribution is 5.99. The minimum atomic E-state index is -0.464. The molecule has 0 bridgehead atoms. The van der Waals surface area contributed by atoms with Crippen LogP contribution in [0.1, 0.15) is 29.0 Å². The van der Waals surface area contributed by atoms with Gasteiger partial charge in [0, 0.05) is 43.7 Å². The Balaban J connectivity index is 1.55. The second kappa shape index (κ2) is 7.99. The van der Waals surface area contributed by atoms with E-state index in [9.17, 15) is 9.90 Å². The lowest BCUT2D eigenvalue weighted by atomic mass is 10.0. The standard InChI is InChI=1S/C19H26N2O4/c1-13-16-5-3-4-6-17(16)25-18(13)19(23)20-14-7-9-21(10-8-14)11-15(22)12-24-2/h3-6,14-15,22H,7-12H2,1-2H3,(H,20,23). The first-order chi connectivity index (χ1) is 12.1. The summed E-state index contributed by atoms with van der Waals surface area (Å²) in [6, 6.07) is 7.83. The Bertz CT molecular complexity index is 719. The van der Waals surface area contributed by atoms with Gasteiger partial charge in [-0.3, -0.25) is 4.79 Å². The van der Waals surface area contributed by atoms with Crippen LogP contribution < -0.4 is 5.32 Å². The Hall–Kier alpha value is -1.89. The third kappa shape index (κ3) is 4.21. The van der Waals surface area contributed by atoms with Crippen molar-refractivity contribution in [2.24, 2.45) is 0 Å². The number of furan rings is 1. The number of aryl methyl sites for hydroxylation is 1. The first-order valence-corrected chi connectivity index (χ1v) is 8.77. The fourth-order valence-electron chi connectivity index (χ4n) is 3.44. The molecule has 0 radical (unpaired) electrons. The van der Waals surface area contributed by atoms with Crippen molar-refractivity contribution in [1.82, 2.24) is 10.2 Å². The quantitative estimate of drug-likeness (QED) is 0.836. The summed E-state index contributed by atoms with van der Waals surface area (Å²) in [5.74, 6) is 0.255. The van der Waals surface area contributed by atoms with E-state index in [0.29, 0.717) is 18.9 Å². The fourth-order valence-corrected chi connectivity index (χ4v) is 3.44. The summed E-state index contributed by atoms with van der Waals surface area (Å²) in [6.45, 7) is 4.58. The molecular weight excluding hydrogens is 320 g/mol. The molecule has 0 saturated carbocycles. The van der Waals surface area contributed by atoms with Gasteiger partial charge in [-0.15, -0.1) is 0 Å². The molecule has 0 spiro atoms. The van der Waals surface area contributed by atoms with Gasteiger partial charge in [-0.1, -0.05) is 18.2 Å². The van der Waals surface area contributed by atoms with Crippen molar-refractivity contribution in [1.29, 1.82) is 0 Å². The van der Waals surface area contributed by atoms with Gasteiger partial charge >= 0.3 is 0 Å². The van der Waals surface area contributed by atoms with Crippen molar-refractivity contribution in [2.75, 3.05) is 33.4 Å². The van der Waals surface area contributed by atoms with Gasteiger partial charge < -0.3 is 24.5 Å². The van der Waals surface area contributed by atoms with Crippen molar-refractivity contribution >= 4 is 16.9 Å². The van der Waals surface area contributed by atoms with Gasteiger partial charge in [0.15, 0.2) is 5.76 Å². The molecule has 1 fully saturated rings. The molecule has 1 aliphatic rings. The Morgan fingerprint density at radius 3 is 2.80 bits per heavy atom. The number of hydrogen-bond donors (Lipinski definition) is 2. The van der Waals surface area contributed by atoms with E-state index in [4.69, 9.17) is 9.15 Å². The Kier molecular flexibility index (Phi) is 5.73. The molecule has 3 rings (SSSR count). The average molecular weight is 346 g/mol. The molecule has 1 atom stereocenters. The van der Waals surface area contributed by atoms with Gasteiger partial charge in [0.1, 0.15) is 5.58 Å². The number of carbonyl (C=O) groups is 1. The van der Waals surface area contributed by atoms with Crippen LogP contribution >= 0.6 is 0 Å². The van der Waals surface area contributed by atoms with Gasteiger partial charge in [0.2, 0.25) is 0 Å². The maximum Gasteiger partial charge on any atom is 0.287 e. The summed E-state index contributed by atoms with van der Waals surface area (Å²) in [7, 11) is 1.59. The number of carbonyl (C=O) groups excluding carboxylic acids is 1. The molecule has 1 amide bonds. The number of benzene rings is 1. The normalized spacial score (nSPS) is 17.7. The first kappa shape index (κ1) is 17.9. The van der Waals surface area contributed by atoms with E-state index in [2.05, 4.69) is 10.2 Å². The van der Waals surface area contributed by atoms with Crippen LogP contribution in [0.5, 0.6) is 0 Å². The summed E-state index contributed by atoms with van der Waals surface area (Å²) in [5.41, 5.74) is 1.63. The van der Waals surface area contributed by atoms with Crippen LogP contribution in [0.15, 0.2) is 28.7 Å². The smallest absolute Gasteiger partial charge is 0.287 e. The van der Waals surface area contributed by atoms with Crippen LogP contribution in [0, 0.1) is 6.92 Å². The number of nitrogens with zero attached hydrogens (tertiary/aromatic N) is 1. The van der Waals surface area contributed by atoms with Crippen LogP contribution in [-0.2, 0) is 4.74 Å². The van der Waals surface area contributed by atoms with Crippen LogP contribution in [0.25, 0.3) is 11.0 Å². The maximum atomic E-state index is 12.6. The number of aliphatic hydroxyl groups excluding tert-OH is 1. The van der Waals surface area contributed by atoms with Crippen molar-refractivity contribution < 1.29 is 19.1 Å². The zero-order valence-electron chi connectivity index (χ0n) is 14.8. The summed E-state index contributed by atoms with van der Waals surface area (Å²) in [4.78, 5) is 14.8. The molecule has 2 heterocycles. The Labute approximate surface area is 147 Å². The number of methoxy groups -OCH3 is 1. The molecule has 1 saturated heterocycles. The monoisotopic (exact) mass is 346 g/mol. The highest BCUT2D eigenvalue weighted by Gasteiger charge is 2.25. The van der Waals surface area contributed by atoms with Gasteiger partial charge in [-0.2, -0.15) is 0 Å². The third-order valence-electron chi connectivity index (χ3n) is 4.80. The summed E-state index contributed by atoms with van der Waals surface area (Å²) in [6.07, 6.45) is 1.27. The molecule has 1 aliphatic heterocycles. The summed E-state index contributed by atoms with van der Waals surface area (Å²) < 4.78 is 10.7. The lowest BCUT2D eigenvalue weighted by molar-refractivity contribution is 0.0309. The van der Waals surface area contributed by atoms with Crippen molar-refractivity contribution in [3.8, 4) is 0 Å². The molecule has 2 aromatic rings. The van der Waals surface area contributed by atoms with Gasteiger partial charge in [-0.25, -0.2) is 0 Å². The summed E-state index contributed by atoms with van der Waals surface area (Å²) >= 11 is 0. The molecular formula is C19H26N2O4. The number of fused-ring (bicyclic) bond motifs is 1. The molecule has 2 N–H and O–H groups in total. The average Bonchev–Trinajstić information content (AvgIpc) is 2.94. The highest BCUT2D eigenvalue weighted by atomic mass is 16.5. The van der Waals surface area contributed by atoms with E-state index >= 15 is 0 Å². The van der Waals surface area contributed by atoms with Crippen LogP contribution in [0.2, 0.25) is 0 Å². The number of likely N-dealkylation sites (tertiary alicyclic amines) is 1. The van der Waals surface area contributed by atoms with Crippen molar-refractivity contribution in [3.05, 3.63) is 35.6 Å². The number of ether oxygens (including phenoxy) is 1. The van der Waals surface area contributed by atoms with E-state index in [0.717, 1.165) is 42.5 Å². The molecule has 1 aromatic carbocycles. The number of amides is 1. The number of aliphatic hydroxyl groups is 1. The lowest BCUT2D eigenvalue weighted by Crippen LogP contribution is -2.47. The topological polar surface area (TPSA) is 74.9 Å². The number of piperidine rings is 1. The number of β-amino-alcohol motifs (C(OH)–C–C–N with tert-alkyl or cyclic N) is 1. The van der Waals surface area contributed by atoms with Crippen molar-refractivity contribution in [2.45, 2.75) is 31.9 Å². The molecule has 25 heavy (non-hydrogen) atoms. The number of nitrogens with one attached hydrogen (secondary N) is 1. The number of para-hydroxylation sites is 1. The SMILES string of the molecule is COCC(O)CN1CCC(NC(=O)c2oc3ccccc3c2C)CC1. The van der Waals surface area contributed by atoms with Crippen LogP contribution in [0.4, 0.5) is 0 Å².